The predicted molar refractivity (Wildman–Crippen MR) is 117 cm³/mol. The van der Waals surface area contributed by atoms with Gasteiger partial charge in [-0.25, -0.2) is 4.58 Å². The van der Waals surface area contributed by atoms with Crippen LogP contribution in [0.2, 0.25) is 0 Å². The Balaban J connectivity index is 1.22. The summed E-state index contributed by atoms with van der Waals surface area (Å²) in [4.78, 5) is 15.6. The van der Waals surface area contributed by atoms with Crippen molar-refractivity contribution in [2.24, 2.45) is 5.73 Å². The van der Waals surface area contributed by atoms with Crippen LogP contribution in [-0.4, -0.2) is 74.6 Å². The highest BCUT2D eigenvalue weighted by Crippen LogP contribution is 2.58. The van der Waals surface area contributed by atoms with Crippen molar-refractivity contribution < 1.29 is 37.9 Å². The number of nitrogens with zero attached hydrogens (tertiary/aromatic N) is 2. The average Bonchev–Trinajstić information content (AvgIpc) is 3.51. The number of hydrogen-bond acceptors (Lipinski definition) is 8. The average molecular weight is 478 g/mol. The molecule has 7 atom stereocenters. The minimum absolute atomic E-state index is 0.157. The van der Waals surface area contributed by atoms with Crippen molar-refractivity contribution >= 4 is 19.7 Å². The predicted octanol–water partition coefficient (Wildman–Crippen LogP) is 1.02. The first-order valence-electron chi connectivity index (χ1n) is 11.3. The molecule has 1 saturated carbocycles. The number of aliphatic hydroxyl groups is 2. The van der Waals surface area contributed by atoms with Crippen molar-refractivity contribution in [3.8, 4) is 0 Å². The summed E-state index contributed by atoms with van der Waals surface area (Å²) in [6.45, 7) is -0.157. The second-order valence-corrected chi connectivity index (χ2v) is 11.2. The monoisotopic (exact) mass is 478 g/mol. The molecule has 1 aromatic heterocycles. The van der Waals surface area contributed by atoms with Gasteiger partial charge in [-0.05, 0) is 30.9 Å². The number of amides is 1. The van der Waals surface area contributed by atoms with Gasteiger partial charge in [0, 0.05) is 18.8 Å². The van der Waals surface area contributed by atoms with E-state index in [1.807, 2.05) is 16.9 Å². The SMILES string of the molecule is NC(=O)C1=C[N+]([C@@H]2C[C@@]23OC(COP2(=O)CCCC(c4cccnc4)O2)[C@@H](O)[C@H]3O)=CCC1. The van der Waals surface area contributed by atoms with Gasteiger partial charge < -0.3 is 29.7 Å². The molecule has 3 fully saturated rings. The van der Waals surface area contributed by atoms with Gasteiger partial charge in [-0.15, -0.1) is 0 Å². The van der Waals surface area contributed by atoms with Crippen LogP contribution in [0.15, 0.2) is 36.3 Å². The molecule has 3 aliphatic heterocycles. The van der Waals surface area contributed by atoms with Gasteiger partial charge in [-0.3, -0.25) is 14.3 Å². The standard InChI is InChI=1S/C22H28N3O7P/c23-21(28)15-5-2-8-25(12-15)18-10-22(18)20(27)19(26)17(31-22)13-30-33(29)9-3-6-16(32-33)14-4-1-7-24-11-14/h1,4,7-8,11-12,16-20,26-27H,2-3,5-6,9-10,13H2,(H-,23,28)/p+1/t16?,17?,18-,19-,20-,22-,33?/m1/s1. The van der Waals surface area contributed by atoms with Crippen LogP contribution in [0.25, 0.3) is 0 Å². The molecule has 0 aromatic carbocycles. The topological polar surface area (TPSA) is 144 Å². The maximum absolute atomic E-state index is 13.2. The summed E-state index contributed by atoms with van der Waals surface area (Å²) in [7, 11) is -3.39. The number of hydrogen-bond donors (Lipinski definition) is 3. The summed E-state index contributed by atoms with van der Waals surface area (Å²) in [5, 5.41) is 21.4. The molecule has 1 amide bonds. The van der Waals surface area contributed by atoms with Crippen molar-refractivity contribution in [1.29, 1.82) is 0 Å². The van der Waals surface area contributed by atoms with Crippen molar-refractivity contribution in [3.05, 3.63) is 41.9 Å². The van der Waals surface area contributed by atoms with Gasteiger partial charge in [0.15, 0.2) is 17.8 Å². The number of pyridine rings is 1. The van der Waals surface area contributed by atoms with Crippen LogP contribution in [0.3, 0.4) is 0 Å². The van der Waals surface area contributed by atoms with E-state index in [9.17, 15) is 19.6 Å². The second kappa shape index (κ2) is 8.69. The molecule has 4 aliphatic rings. The van der Waals surface area contributed by atoms with Crippen LogP contribution < -0.4 is 5.73 Å². The Morgan fingerprint density at radius 3 is 3.03 bits per heavy atom. The molecule has 3 unspecified atom stereocenters. The first-order chi connectivity index (χ1) is 15.8. The summed E-state index contributed by atoms with van der Waals surface area (Å²) >= 11 is 0. The molecule has 0 radical (unpaired) electrons. The molecule has 10 nitrogen and oxygen atoms in total. The molecule has 2 saturated heterocycles. The van der Waals surface area contributed by atoms with E-state index in [4.69, 9.17) is 19.5 Å². The van der Waals surface area contributed by atoms with Gasteiger partial charge in [-0.2, -0.15) is 0 Å². The van der Waals surface area contributed by atoms with Gasteiger partial charge in [0.05, 0.1) is 30.9 Å². The van der Waals surface area contributed by atoms with E-state index in [0.717, 1.165) is 12.0 Å². The molecule has 1 aliphatic carbocycles. The van der Waals surface area contributed by atoms with Crippen LogP contribution in [-0.2, 0) is 23.1 Å². The van der Waals surface area contributed by atoms with Crippen molar-refractivity contribution in [1.82, 2.24) is 4.98 Å². The Hall–Kier alpha value is -1.94. The Bertz CT molecular complexity index is 1030. The van der Waals surface area contributed by atoms with Crippen LogP contribution in [0.1, 0.15) is 43.8 Å². The molecule has 11 heteroatoms. The molecule has 5 rings (SSSR count). The lowest BCUT2D eigenvalue weighted by Crippen LogP contribution is -2.38. The third kappa shape index (κ3) is 4.32. The Morgan fingerprint density at radius 2 is 2.27 bits per heavy atom. The van der Waals surface area contributed by atoms with E-state index in [1.165, 1.54) is 0 Å². The fraction of sp³-hybridized carbons (Fsp3) is 0.591. The smallest absolute Gasteiger partial charge is 0.331 e. The summed E-state index contributed by atoms with van der Waals surface area (Å²) < 4.78 is 32.7. The van der Waals surface area contributed by atoms with E-state index >= 15 is 0 Å². The third-order valence-corrected chi connectivity index (χ3v) is 8.89. The summed E-state index contributed by atoms with van der Waals surface area (Å²) in [5.74, 6) is -0.469. The van der Waals surface area contributed by atoms with Gasteiger partial charge in [0.25, 0.3) is 5.91 Å². The summed E-state index contributed by atoms with van der Waals surface area (Å²) in [5.41, 5.74) is 5.80. The first-order valence-corrected chi connectivity index (χ1v) is 13.0. The number of rotatable bonds is 6. The fourth-order valence-electron chi connectivity index (χ4n) is 5.01. The van der Waals surface area contributed by atoms with Gasteiger partial charge in [-0.1, -0.05) is 6.07 Å². The fourth-order valence-corrected chi connectivity index (χ4v) is 6.86. The van der Waals surface area contributed by atoms with Gasteiger partial charge >= 0.3 is 7.60 Å². The highest BCUT2D eigenvalue weighted by Gasteiger charge is 2.74. The molecular formula is C22H29N3O7P+. The van der Waals surface area contributed by atoms with Crippen LogP contribution in [0.5, 0.6) is 0 Å². The van der Waals surface area contributed by atoms with Crippen molar-refractivity contribution in [3.63, 3.8) is 0 Å². The number of aliphatic hydroxyl groups excluding tert-OH is 2. The zero-order chi connectivity index (χ0) is 23.2. The van der Waals surface area contributed by atoms with Crippen LogP contribution >= 0.6 is 7.60 Å². The molecule has 1 spiro atoms. The van der Waals surface area contributed by atoms with E-state index < -0.39 is 37.4 Å². The Kier molecular flexibility index (Phi) is 6.01. The molecular weight excluding hydrogens is 449 g/mol. The molecule has 33 heavy (non-hydrogen) atoms. The van der Waals surface area contributed by atoms with E-state index in [2.05, 4.69) is 4.98 Å². The Labute approximate surface area is 191 Å². The second-order valence-electron chi connectivity index (χ2n) is 9.11. The number of carbonyl (C=O) groups excluding carboxylic acids is 1. The van der Waals surface area contributed by atoms with Crippen LogP contribution in [0.4, 0.5) is 0 Å². The molecule has 178 valence electrons. The van der Waals surface area contributed by atoms with Crippen LogP contribution in [0, 0.1) is 0 Å². The normalized spacial score (nSPS) is 40.4. The number of aromatic nitrogens is 1. The quantitative estimate of drug-likeness (QED) is 0.406. The lowest BCUT2D eigenvalue weighted by molar-refractivity contribution is -0.482. The largest absolute Gasteiger partial charge is 0.387 e. The zero-order valence-corrected chi connectivity index (χ0v) is 19.0. The van der Waals surface area contributed by atoms with E-state index in [-0.39, 0.29) is 24.9 Å². The molecule has 4 heterocycles. The molecule has 0 bridgehead atoms. The minimum Gasteiger partial charge on any atom is -0.387 e. The van der Waals surface area contributed by atoms with Gasteiger partial charge in [0.1, 0.15) is 24.5 Å². The third-order valence-electron chi connectivity index (χ3n) is 6.90. The van der Waals surface area contributed by atoms with E-state index in [0.29, 0.717) is 31.3 Å². The van der Waals surface area contributed by atoms with E-state index in [1.54, 1.807) is 24.7 Å². The maximum Gasteiger partial charge on any atom is 0.331 e. The number of carbonyl (C=O) groups is 1. The highest BCUT2D eigenvalue weighted by molar-refractivity contribution is 7.53. The lowest BCUT2D eigenvalue weighted by Gasteiger charge is -2.30. The Morgan fingerprint density at radius 1 is 1.42 bits per heavy atom. The zero-order valence-electron chi connectivity index (χ0n) is 18.2. The molecule has 4 N–H and O–H groups in total. The molecule has 1 aromatic rings. The number of nitrogens with two attached hydrogens (primary N) is 1. The van der Waals surface area contributed by atoms with Crippen molar-refractivity contribution in [2.45, 2.75) is 68.2 Å². The van der Waals surface area contributed by atoms with Crippen molar-refractivity contribution in [2.75, 3.05) is 12.8 Å². The highest BCUT2D eigenvalue weighted by atomic mass is 31.2. The maximum atomic E-state index is 13.2. The lowest BCUT2D eigenvalue weighted by atomic mass is 10.1. The summed E-state index contributed by atoms with van der Waals surface area (Å²) in [6.07, 6.45) is 6.84. The number of ether oxygens (including phenoxy) is 1. The first kappa shape index (κ1) is 22.8. The number of primary amides is 1. The summed E-state index contributed by atoms with van der Waals surface area (Å²) in [6, 6.07) is 3.45. The van der Waals surface area contributed by atoms with Gasteiger partial charge in [0.2, 0.25) is 0 Å². The minimum atomic E-state index is -3.39.